The van der Waals surface area contributed by atoms with E-state index in [4.69, 9.17) is 4.74 Å². The Bertz CT molecular complexity index is 805. The highest BCUT2D eigenvalue weighted by Gasteiger charge is 2.17. The molecule has 7 nitrogen and oxygen atoms in total. The van der Waals surface area contributed by atoms with Crippen LogP contribution in [0, 0.1) is 20.8 Å². The summed E-state index contributed by atoms with van der Waals surface area (Å²) in [6, 6.07) is 0. The zero-order valence-electron chi connectivity index (χ0n) is 14.3. The Morgan fingerprint density at radius 3 is 2.58 bits per heavy atom. The van der Waals surface area contributed by atoms with Crippen molar-refractivity contribution < 1.29 is 14.3 Å². The number of aryl methyl sites for hydroxylation is 3. The molecule has 2 heterocycles. The summed E-state index contributed by atoms with van der Waals surface area (Å²) < 4.78 is 6.72. The van der Waals surface area contributed by atoms with Gasteiger partial charge in [-0.25, -0.2) is 9.78 Å². The number of aromatic nitrogens is 3. The summed E-state index contributed by atoms with van der Waals surface area (Å²) in [6.07, 6.45) is 3.15. The highest BCUT2D eigenvalue weighted by molar-refractivity contribution is 7.17. The van der Waals surface area contributed by atoms with E-state index in [2.05, 4.69) is 15.4 Å². The van der Waals surface area contributed by atoms with Gasteiger partial charge in [0.1, 0.15) is 4.88 Å². The van der Waals surface area contributed by atoms with Gasteiger partial charge in [-0.3, -0.25) is 14.8 Å². The van der Waals surface area contributed by atoms with Crippen LogP contribution >= 0.6 is 11.3 Å². The fourth-order valence-corrected chi connectivity index (χ4v) is 3.04. The van der Waals surface area contributed by atoms with Crippen molar-refractivity contribution in [3.63, 3.8) is 0 Å². The highest BCUT2D eigenvalue weighted by Crippen LogP contribution is 2.23. The zero-order chi connectivity index (χ0) is 17.9. The molecule has 0 radical (unpaired) electrons. The summed E-state index contributed by atoms with van der Waals surface area (Å²) in [7, 11) is 1.86. The minimum Gasteiger partial charge on any atom is -0.462 e. The Morgan fingerprint density at radius 2 is 2.00 bits per heavy atom. The largest absolute Gasteiger partial charge is 0.462 e. The van der Waals surface area contributed by atoms with Crippen molar-refractivity contribution in [2.24, 2.45) is 7.05 Å². The minimum absolute atomic E-state index is 0.296. The Morgan fingerprint density at radius 1 is 1.29 bits per heavy atom. The summed E-state index contributed by atoms with van der Waals surface area (Å²) >= 11 is 1.10. The monoisotopic (exact) mass is 348 g/mol. The van der Waals surface area contributed by atoms with Crippen molar-refractivity contribution in [3.8, 4) is 0 Å². The predicted molar refractivity (Wildman–Crippen MR) is 93.2 cm³/mol. The first kappa shape index (κ1) is 17.9. The van der Waals surface area contributed by atoms with Crippen LogP contribution in [0.4, 0.5) is 5.13 Å². The number of carbonyl (C=O) groups is 2. The van der Waals surface area contributed by atoms with Crippen LogP contribution in [0.15, 0.2) is 6.08 Å². The lowest BCUT2D eigenvalue weighted by molar-refractivity contribution is -0.111. The van der Waals surface area contributed by atoms with Crippen LogP contribution in [0.3, 0.4) is 0 Å². The van der Waals surface area contributed by atoms with E-state index in [9.17, 15) is 9.59 Å². The summed E-state index contributed by atoms with van der Waals surface area (Å²) in [5, 5.41) is 7.32. The molecule has 0 saturated carbocycles. The first-order chi connectivity index (χ1) is 11.3. The third-order valence-electron chi connectivity index (χ3n) is 3.45. The van der Waals surface area contributed by atoms with E-state index in [0.717, 1.165) is 28.3 Å². The lowest BCUT2D eigenvalue weighted by Gasteiger charge is -1.98. The van der Waals surface area contributed by atoms with Crippen LogP contribution in [0.2, 0.25) is 0 Å². The standard InChI is InChI=1S/C16H20N4O3S/c1-6-23-15(22)14-10(3)17-16(24-14)18-13(21)8-7-12-9(2)19-20(5)11(12)4/h7-8H,6H2,1-5H3,(H,17,18,21). The van der Waals surface area contributed by atoms with E-state index < -0.39 is 5.97 Å². The van der Waals surface area contributed by atoms with Gasteiger partial charge in [-0.05, 0) is 33.8 Å². The molecule has 0 atom stereocenters. The number of rotatable bonds is 5. The van der Waals surface area contributed by atoms with E-state index in [1.807, 2.05) is 20.9 Å². The summed E-state index contributed by atoms with van der Waals surface area (Å²) in [6.45, 7) is 7.57. The predicted octanol–water partition coefficient (Wildman–Crippen LogP) is 2.63. The summed E-state index contributed by atoms with van der Waals surface area (Å²) in [4.78, 5) is 28.4. The number of thiazole rings is 1. The van der Waals surface area contributed by atoms with E-state index >= 15 is 0 Å². The van der Waals surface area contributed by atoms with Gasteiger partial charge in [-0.1, -0.05) is 11.3 Å². The van der Waals surface area contributed by atoms with E-state index in [1.165, 1.54) is 6.08 Å². The summed E-state index contributed by atoms with van der Waals surface area (Å²) in [5.41, 5.74) is 3.28. The fourth-order valence-electron chi connectivity index (χ4n) is 2.17. The number of anilines is 1. The third-order valence-corrected chi connectivity index (χ3v) is 4.51. The smallest absolute Gasteiger partial charge is 0.350 e. The second kappa shape index (κ2) is 7.39. The van der Waals surface area contributed by atoms with Crippen molar-refractivity contribution in [2.45, 2.75) is 27.7 Å². The Balaban J connectivity index is 2.09. The molecule has 0 fully saturated rings. The number of hydrogen-bond acceptors (Lipinski definition) is 6. The lowest BCUT2D eigenvalue weighted by atomic mass is 10.2. The molecule has 2 aromatic heterocycles. The molecule has 128 valence electrons. The number of nitrogens with zero attached hydrogens (tertiary/aromatic N) is 3. The zero-order valence-corrected chi connectivity index (χ0v) is 15.2. The van der Waals surface area contributed by atoms with Crippen LogP contribution in [-0.2, 0) is 16.6 Å². The molecule has 1 N–H and O–H groups in total. The average Bonchev–Trinajstić information content (AvgIpc) is 2.98. The van der Waals surface area contributed by atoms with Crippen LogP contribution in [0.5, 0.6) is 0 Å². The van der Waals surface area contributed by atoms with Gasteiger partial charge in [-0.2, -0.15) is 5.10 Å². The van der Waals surface area contributed by atoms with Gasteiger partial charge in [-0.15, -0.1) is 0 Å². The molecular weight excluding hydrogens is 328 g/mol. The van der Waals surface area contributed by atoms with E-state index in [1.54, 1.807) is 24.6 Å². The average molecular weight is 348 g/mol. The second-order valence-electron chi connectivity index (χ2n) is 5.18. The maximum Gasteiger partial charge on any atom is 0.350 e. The molecule has 0 saturated heterocycles. The molecule has 8 heteroatoms. The number of ether oxygens (including phenoxy) is 1. The number of esters is 1. The van der Waals surface area contributed by atoms with Gasteiger partial charge in [0.15, 0.2) is 5.13 Å². The maximum absolute atomic E-state index is 12.1. The molecule has 0 aliphatic heterocycles. The molecule has 0 aliphatic carbocycles. The van der Waals surface area contributed by atoms with Crippen molar-refractivity contribution in [1.82, 2.24) is 14.8 Å². The van der Waals surface area contributed by atoms with Crippen molar-refractivity contribution in [1.29, 1.82) is 0 Å². The van der Waals surface area contributed by atoms with Crippen molar-refractivity contribution in [2.75, 3.05) is 11.9 Å². The van der Waals surface area contributed by atoms with E-state index in [0.29, 0.717) is 22.3 Å². The van der Waals surface area contributed by atoms with Crippen LogP contribution in [0.1, 0.15) is 39.2 Å². The molecule has 0 bridgehead atoms. The maximum atomic E-state index is 12.1. The van der Waals surface area contributed by atoms with Crippen LogP contribution < -0.4 is 5.32 Å². The normalized spacial score (nSPS) is 11.0. The van der Waals surface area contributed by atoms with Crippen LogP contribution in [0.25, 0.3) is 6.08 Å². The molecule has 0 spiro atoms. The molecule has 2 aromatic rings. The van der Waals surface area contributed by atoms with Gasteiger partial charge in [0, 0.05) is 24.4 Å². The summed E-state index contributed by atoms with van der Waals surface area (Å²) in [5.74, 6) is -0.744. The molecule has 24 heavy (non-hydrogen) atoms. The van der Waals surface area contributed by atoms with E-state index in [-0.39, 0.29) is 5.91 Å². The minimum atomic E-state index is -0.426. The first-order valence-corrected chi connectivity index (χ1v) is 8.29. The number of hydrogen-bond donors (Lipinski definition) is 1. The van der Waals surface area contributed by atoms with Gasteiger partial charge < -0.3 is 4.74 Å². The molecule has 0 unspecified atom stereocenters. The SMILES string of the molecule is CCOC(=O)c1sc(NC(=O)C=Cc2c(C)nn(C)c2C)nc1C. The van der Waals surface area contributed by atoms with Crippen LogP contribution in [-0.4, -0.2) is 33.2 Å². The molecule has 0 aliphatic rings. The Hall–Kier alpha value is -2.48. The first-order valence-electron chi connectivity index (χ1n) is 7.47. The van der Waals surface area contributed by atoms with Gasteiger partial charge in [0.25, 0.3) is 0 Å². The molecule has 2 rings (SSSR count). The second-order valence-corrected chi connectivity index (χ2v) is 6.18. The molecule has 1 amide bonds. The van der Waals surface area contributed by atoms with Gasteiger partial charge >= 0.3 is 5.97 Å². The number of nitrogens with one attached hydrogen (secondary N) is 1. The molecular formula is C16H20N4O3S. The highest BCUT2D eigenvalue weighted by atomic mass is 32.1. The Kier molecular flexibility index (Phi) is 5.50. The quantitative estimate of drug-likeness (QED) is 0.663. The van der Waals surface area contributed by atoms with Gasteiger partial charge in [0.05, 0.1) is 18.0 Å². The van der Waals surface area contributed by atoms with Crippen molar-refractivity contribution in [3.05, 3.63) is 33.6 Å². The van der Waals surface area contributed by atoms with Crippen molar-refractivity contribution >= 4 is 34.4 Å². The lowest BCUT2D eigenvalue weighted by Crippen LogP contribution is -2.07. The fraction of sp³-hybridized carbons (Fsp3) is 0.375. The number of amides is 1. The number of carbonyl (C=O) groups excluding carboxylic acids is 2. The van der Waals surface area contributed by atoms with Gasteiger partial charge in [0.2, 0.25) is 5.91 Å². The Labute approximate surface area is 144 Å². The topological polar surface area (TPSA) is 86.1 Å². The third kappa shape index (κ3) is 3.88. The molecule has 0 aromatic carbocycles.